The molecule has 29 heavy (non-hydrogen) atoms. The molecule has 0 fully saturated rings. The van der Waals surface area contributed by atoms with E-state index in [1.165, 1.54) is 18.2 Å². The first-order chi connectivity index (χ1) is 13.9. The van der Waals surface area contributed by atoms with Gasteiger partial charge < -0.3 is 10.1 Å². The number of carbonyl (C=O) groups excluding carboxylic acids is 2. The molecule has 2 aromatic carbocycles. The van der Waals surface area contributed by atoms with Gasteiger partial charge in [0.1, 0.15) is 10.6 Å². The number of hydrogen-bond acceptors (Lipinski definition) is 6. The molecule has 0 bridgehead atoms. The van der Waals surface area contributed by atoms with Crippen molar-refractivity contribution in [1.29, 1.82) is 0 Å². The summed E-state index contributed by atoms with van der Waals surface area (Å²) in [6, 6.07) is 12.2. The largest absolute Gasteiger partial charge is 0.462 e. The van der Waals surface area contributed by atoms with E-state index >= 15 is 0 Å². The Balaban J connectivity index is 2.01. The number of benzene rings is 2. The maximum atomic E-state index is 12.6. The van der Waals surface area contributed by atoms with Crippen LogP contribution in [0.2, 0.25) is 5.02 Å². The highest BCUT2D eigenvalue weighted by Gasteiger charge is 2.24. The Morgan fingerprint density at radius 2 is 1.93 bits per heavy atom. The molecule has 3 aromatic rings. The summed E-state index contributed by atoms with van der Waals surface area (Å²) in [7, 11) is 0. The molecule has 1 amide bonds. The Labute approximate surface area is 175 Å². The van der Waals surface area contributed by atoms with Gasteiger partial charge in [-0.15, -0.1) is 11.3 Å². The number of rotatable bonds is 6. The van der Waals surface area contributed by atoms with Gasteiger partial charge in [0.2, 0.25) is 0 Å². The Morgan fingerprint density at radius 3 is 2.59 bits per heavy atom. The minimum atomic E-state index is -0.623. The van der Waals surface area contributed by atoms with Crippen LogP contribution in [0, 0.1) is 10.1 Å². The lowest BCUT2D eigenvalue weighted by Gasteiger charge is -2.09. The third-order valence-electron chi connectivity index (χ3n) is 3.97. The summed E-state index contributed by atoms with van der Waals surface area (Å²) in [4.78, 5) is 35.7. The fourth-order valence-corrected chi connectivity index (χ4v) is 3.71. The number of thiophene rings is 1. The quantitative estimate of drug-likeness (QED) is 0.320. The number of nitro benzene ring substituents is 1. The molecule has 0 aliphatic heterocycles. The second-order valence-electron chi connectivity index (χ2n) is 5.84. The van der Waals surface area contributed by atoms with E-state index in [-0.39, 0.29) is 17.9 Å². The summed E-state index contributed by atoms with van der Waals surface area (Å²) in [5.41, 5.74) is 1.35. The highest BCUT2D eigenvalue weighted by atomic mass is 35.5. The molecule has 1 aromatic heterocycles. The SMILES string of the molecule is CCOC(=O)c1c(-c2cccc([N+](=O)[O-])c2)csc1NC(=O)c1ccc(Cl)cc1. The van der Waals surface area contributed by atoms with Crippen LogP contribution in [0.3, 0.4) is 0 Å². The molecule has 0 atom stereocenters. The molecule has 0 aliphatic rings. The summed E-state index contributed by atoms with van der Waals surface area (Å²) in [6.45, 7) is 1.82. The van der Waals surface area contributed by atoms with Crippen molar-refractivity contribution in [3.63, 3.8) is 0 Å². The fourth-order valence-electron chi connectivity index (χ4n) is 2.63. The van der Waals surface area contributed by atoms with Crippen LogP contribution in [0.1, 0.15) is 27.6 Å². The van der Waals surface area contributed by atoms with Gasteiger partial charge in [-0.25, -0.2) is 4.79 Å². The number of halogens is 1. The zero-order valence-electron chi connectivity index (χ0n) is 15.2. The topological polar surface area (TPSA) is 98.5 Å². The molecular formula is C20H15ClN2O5S. The molecule has 1 N–H and O–H groups in total. The first-order valence-electron chi connectivity index (χ1n) is 8.51. The van der Waals surface area contributed by atoms with Gasteiger partial charge in [0.05, 0.1) is 11.5 Å². The average molecular weight is 431 g/mol. The zero-order chi connectivity index (χ0) is 21.0. The van der Waals surface area contributed by atoms with Crippen LogP contribution in [0.25, 0.3) is 11.1 Å². The second-order valence-corrected chi connectivity index (χ2v) is 7.16. The van der Waals surface area contributed by atoms with Crippen molar-refractivity contribution in [3.8, 4) is 11.1 Å². The molecule has 3 rings (SSSR count). The lowest BCUT2D eigenvalue weighted by molar-refractivity contribution is -0.384. The summed E-state index contributed by atoms with van der Waals surface area (Å²) < 4.78 is 5.13. The van der Waals surface area contributed by atoms with Gasteiger partial charge in [-0.3, -0.25) is 14.9 Å². The molecule has 0 saturated heterocycles. The third kappa shape index (κ3) is 4.61. The Morgan fingerprint density at radius 1 is 1.21 bits per heavy atom. The molecule has 9 heteroatoms. The van der Waals surface area contributed by atoms with Crippen molar-refractivity contribution in [3.05, 3.63) is 80.2 Å². The smallest absolute Gasteiger partial charge is 0.341 e. The van der Waals surface area contributed by atoms with Crippen LogP contribution < -0.4 is 5.32 Å². The molecule has 0 saturated carbocycles. The first-order valence-corrected chi connectivity index (χ1v) is 9.76. The lowest BCUT2D eigenvalue weighted by atomic mass is 10.0. The van der Waals surface area contributed by atoms with Crippen molar-refractivity contribution < 1.29 is 19.2 Å². The number of carbonyl (C=O) groups is 2. The predicted molar refractivity (Wildman–Crippen MR) is 112 cm³/mol. The molecule has 0 radical (unpaired) electrons. The van der Waals surface area contributed by atoms with Crippen molar-refractivity contribution >= 4 is 45.5 Å². The summed E-state index contributed by atoms with van der Waals surface area (Å²) in [5.74, 6) is -1.04. The van der Waals surface area contributed by atoms with Crippen LogP contribution >= 0.6 is 22.9 Å². The van der Waals surface area contributed by atoms with Crippen molar-refractivity contribution in [2.45, 2.75) is 6.92 Å². The number of nitrogens with one attached hydrogen (secondary N) is 1. The second kappa shape index (κ2) is 8.85. The van der Waals surface area contributed by atoms with Gasteiger partial charge in [0.15, 0.2) is 0 Å². The van der Waals surface area contributed by atoms with Gasteiger partial charge in [-0.2, -0.15) is 0 Å². The fraction of sp³-hybridized carbons (Fsp3) is 0.100. The molecule has 0 spiro atoms. The van der Waals surface area contributed by atoms with Crippen molar-refractivity contribution in [2.75, 3.05) is 11.9 Å². The standard InChI is InChI=1S/C20H15ClN2O5S/c1-2-28-20(25)17-16(13-4-3-5-15(10-13)23(26)27)11-29-19(17)22-18(24)12-6-8-14(21)9-7-12/h3-11H,2H2,1H3,(H,22,24). The minimum absolute atomic E-state index is 0.102. The van der Waals surface area contributed by atoms with Crippen LogP contribution in [0.5, 0.6) is 0 Å². The van der Waals surface area contributed by atoms with Gasteiger partial charge >= 0.3 is 5.97 Å². The Bertz CT molecular complexity index is 1080. The highest BCUT2D eigenvalue weighted by molar-refractivity contribution is 7.15. The number of hydrogen-bond donors (Lipinski definition) is 1. The summed E-state index contributed by atoms with van der Waals surface area (Å²) in [6.07, 6.45) is 0. The number of non-ortho nitro benzene ring substituents is 1. The summed E-state index contributed by atoms with van der Waals surface area (Å²) >= 11 is 6.98. The van der Waals surface area contributed by atoms with Crippen LogP contribution in [-0.2, 0) is 4.74 Å². The van der Waals surface area contributed by atoms with E-state index in [1.807, 2.05) is 0 Å². The first kappa shape index (κ1) is 20.5. The minimum Gasteiger partial charge on any atom is -0.462 e. The molecule has 1 heterocycles. The number of nitro groups is 1. The number of nitrogens with zero attached hydrogens (tertiary/aromatic N) is 1. The molecule has 148 valence electrons. The molecule has 0 aliphatic carbocycles. The highest BCUT2D eigenvalue weighted by Crippen LogP contribution is 2.37. The van der Waals surface area contributed by atoms with E-state index in [0.29, 0.717) is 26.7 Å². The van der Waals surface area contributed by atoms with E-state index in [1.54, 1.807) is 42.6 Å². The number of amides is 1. The monoisotopic (exact) mass is 430 g/mol. The number of ether oxygens (including phenoxy) is 1. The molecule has 7 nitrogen and oxygen atoms in total. The van der Waals surface area contributed by atoms with E-state index < -0.39 is 16.8 Å². The Hall–Kier alpha value is -3.23. The maximum Gasteiger partial charge on any atom is 0.341 e. The van der Waals surface area contributed by atoms with E-state index in [9.17, 15) is 19.7 Å². The van der Waals surface area contributed by atoms with Gasteiger partial charge in [-0.1, -0.05) is 23.7 Å². The van der Waals surface area contributed by atoms with Crippen molar-refractivity contribution in [1.82, 2.24) is 0 Å². The molecular weight excluding hydrogens is 416 g/mol. The van der Waals surface area contributed by atoms with Crippen molar-refractivity contribution in [2.24, 2.45) is 0 Å². The normalized spacial score (nSPS) is 10.4. The number of anilines is 1. The van der Waals surface area contributed by atoms with Crippen LogP contribution in [0.15, 0.2) is 53.9 Å². The van der Waals surface area contributed by atoms with E-state index in [4.69, 9.17) is 16.3 Å². The maximum absolute atomic E-state index is 12.6. The predicted octanol–water partition coefficient (Wildman–Crippen LogP) is 5.41. The van der Waals surface area contributed by atoms with Crippen LogP contribution in [0.4, 0.5) is 10.7 Å². The van der Waals surface area contributed by atoms with E-state index in [2.05, 4.69) is 5.32 Å². The van der Waals surface area contributed by atoms with Gasteiger partial charge in [0, 0.05) is 33.7 Å². The molecule has 0 unspecified atom stereocenters. The lowest BCUT2D eigenvalue weighted by Crippen LogP contribution is -2.14. The van der Waals surface area contributed by atoms with Gasteiger partial charge in [-0.05, 0) is 36.8 Å². The van der Waals surface area contributed by atoms with E-state index in [0.717, 1.165) is 11.3 Å². The summed E-state index contributed by atoms with van der Waals surface area (Å²) in [5, 5.41) is 16.3. The number of esters is 1. The average Bonchev–Trinajstić information content (AvgIpc) is 3.12. The third-order valence-corrected chi connectivity index (χ3v) is 5.12. The van der Waals surface area contributed by atoms with Crippen LogP contribution in [-0.4, -0.2) is 23.4 Å². The zero-order valence-corrected chi connectivity index (χ0v) is 16.8. The Kier molecular flexibility index (Phi) is 6.26. The van der Waals surface area contributed by atoms with Gasteiger partial charge in [0.25, 0.3) is 11.6 Å².